The number of nitrogens with zero attached hydrogens (tertiary/aromatic N) is 1. The molecule has 0 saturated heterocycles. The van der Waals surface area contributed by atoms with Crippen molar-refractivity contribution in [2.24, 2.45) is 4.99 Å². The van der Waals surface area contributed by atoms with Crippen molar-refractivity contribution in [2.75, 3.05) is 34.4 Å². The van der Waals surface area contributed by atoms with Crippen molar-refractivity contribution in [3.8, 4) is 17.2 Å². The topological polar surface area (TPSA) is 64.1 Å². The normalized spacial score (nSPS) is 10.6. The minimum atomic E-state index is 0. The first-order chi connectivity index (χ1) is 13.2. The van der Waals surface area contributed by atoms with Gasteiger partial charge in [0.15, 0.2) is 17.5 Å². The highest BCUT2D eigenvalue weighted by atomic mass is 127. The van der Waals surface area contributed by atoms with Gasteiger partial charge in [-0.1, -0.05) is 18.2 Å². The average molecular weight is 564 g/mol. The van der Waals surface area contributed by atoms with Gasteiger partial charge in [0, 0.05) is 20.1 Å². The van der Waals surface area contributed by atoms with Crippen LogP contribution in [0.4, 0.5) is 0 Å². The van der Waals surface area contributed by atoms with Crippen molar-refractivity contribution in [1.29, 1.82) is 0 Å². The zero-order chi connectivity index (χ0) is 19.5. The van der Waals surface area contributed by atoms with E-state index in [1.165, 1.54) is 0 Å². The molecule has 0 radical (unpaired) electrons. The lowest BCUT2D eigenvalue weighted by atomic mass is 10.2. The molecule has 2 aromatic carbocycles. The predicted octanol–water partition coefficient (Wildman–Crippen LogP) is 4.22. The van der Waals surface area contributed by atoms with Gasteiger partial charge in [0.25, 0.3) is 0 Å². The molecule has 28 heavy (non-hydrogen) atoms. The molecule has 0 heterocycles. The second kappa shape index (κ2) is 13.5. The van der Waals surface area contributed by atoms with Crippen molar-refractivity contribution in [2.45, 2.75) is 13.0 Å². The first-order valence-corrected chi connectivity index (χ1v) is 9.50. The Kier molecular flexibility index (Phi) is 11.7. The first-order valence-electron chi connectivity index (χ1n) is 8.70. The highest BCUT2D eigenvalue weighted by molar-refractivity contribution is 14.0. The van der Waals surface area contributed by atoms with Gasteiger partial charge in [0.05, 0.1) is 25.3 Å². The first kappa shape index (κ1) is 24.4. The number of guanidine groups is 1. The maximum absolute atomic E-state index is 5.68. The molecule has 0 aliphatic heterocycles. The average Bonchev–Trinajstić information content (AvgIpc) is 2.70. The van der Waals surface area contributed by atoms with Crippen LogP contribution in [0, 0.1) is 0 Å². The molecular formula is C20H27BrIN3O3. The van der Waals surface area contributed by atoms with Crippen LogP contribution in [0.1, 0.15) is 12.0 Å². The number of aliphatic imine (C=N–C) groups is 1. The Morgan fingerprint density at radius 2 is 1.82 bits per heavy atom. The minimum Gasteiger partial charge on any atom is -0.494 e. The summed E-state index contributed by atoms with van der Waals surface area (Å²) in [5.41, 5.74) is 1.05. The van der Waals surface area contributed by atoms with E-state index in [1.807, 2.05) is 42.5 Å². The number of methoxy groups -OCH3 is 2. The number of halogens is 2. The molecule has 0 aromatic heterocycles. The van der Waals surface area contributed by atoms with Gasteiger partial charge in [0.2, 0.25) is 0 Å². The van der Waals surface area contributed by atoms with Crippen LogP contribution >= 0.6 is 39.9 Å². The molecule has 0 fully saturated rings. The third-order valence-corrected chi connectivity index (χ3v) is 4.39. The lowest BCUT2D eigenvalue weighted by molar-refractivity contribution is 0.311. The van der Waals surface area contributed by atoms with Crippen LogP contribution in [0.25, 0.3) is 0 Å². The zero-order valence-electron chi connectivity index (χ0n) is 16.3. The molecule has 2 rings (SSSR count). The van der Waals surface area contributed by atoms with E-state index in [2.05, 4.69) is 31.6 Å². The van der Waals surface area contributed by atoms with Crippen molar-refractivity contribution >= 4 is 45.9 Å². The van der Waals surface area contributed by atoms with Gasteiger partial charge in [0.1, 0.15) is 5.75 Å². The molecule has 154 valence electrons. The lowest BCUT2D eigenvalue weighted by Crippen LogP contribution is -2.37. The van der Waals surface area contributed by atoms with Crippen molar-refractivity contribution in [3.05, 3.63) is 52.5 Å². The summed E-state index contributed by atoms with van der Waals surface area (Å²) in [5, 5.41) is 6.57. The Bertz CT molecular complexity index is 745. The van der Waals surface area contributed by atoms with E-state index in [0.29, 0.717) is 24.7 Å². The summed E-state index contributed by atoms with van der Waals surface area (Å²) in [6.07, 6.45) is 0.873. The number of hydrogen-bond donors (Lipinski definition) is 2. The molecule has 0 unspecified atom stereocenters. The number of ether oxygens (including phenoxy) is 3. The maximum atomic E-state index is 5.68. The van der Waals surface area contributed by atoms with E-state index >= 15 is 0 Å². The van der Waals surface area contributed by atoms with Gasteiger partial charge in [-0.15, -0.1) is 24.0 Å². The fourth-order valence-corrected chi connectivity index (χ4v) is 3.12. The Hall–Kier alpha value is -1.68. The largest absolute Gasteiger partial charge is 0.494 e. The SMILES string of the molecule is CN=C(NCCCOc1ccccc1)NCc1cc(Br)c(OC)c(OC)c1.I. The third kappa shape index (κ3) is 7.75. The zero-order valence-corrected chi connectivity index (χ0v) is 20.2. The van der Waals surface area contributed by atoms with Gasteiger partial charge in [-0.25, -0.2) is 0 Å². The summed E-state index contributed by atoms with van der Waals surface area (Å²) in [5.74, 6) is 2.99. The maximum Gasteiger partial charge on any atom is 0.191 e. The van der Waals surface area contributed by atoms with Gasteiger partial charge in [-0.05, 0) is 52.2 Å². The number of hydrogen-bond acceptors (Lipinski definition) is 4. The Morgan fingerprint density at radius 1 is 1.07 bits per heavy atom. The van der Waals surface area contributed by atoms with Crippen LogP contribution in [0.5, 0.6) is 17.2 Å². The van der Waals surface area contributed by atoms with Crippen molar-refractivity contribution in [1.82, 2.24) is 10.6 Å². The van der Waals surface area contributed by atoms with E-state index in [0.717, 1.165) is 34.7 Å². The summed E-state index contributed by atoms with van der Waals surface area (Å²) >= 11 is 3.51. The Morgan fingerprint density at radius 3 is 2.46 bits per heavy atom. The molecule has 2 N–H and O–H groups in total. The number of para-hydroxylation sites is 1. The van der Waals surface area contributed by atoms with Gasteiger partial charge in [-0.3, -0.25) is 4.99 Å². The molecule has 6 nitrogen and oxygen atoms in total. The Labute approximate surface area is 192 Å². The van der Waals surface area contributed by atoms with Crippen LogP contribution in [0.15, 0.2) is 51.9 Å². The highest BCUT2D eigenvalue weighted by Crippen LogP contribution is 2.36. The predicted molar refractivity (Wildman–Crippen MR) is 127 cm³/mol. The Balaban J connectivity index is 0.00000392. The van der Waals surface area contributed by atoms with Crippen LogP contribution in [-0.2, 0) is 6.54 Å². The molecule has 8 heteroatoms. The fourth-order valence-electron chi connectivity index (χ4n) is 2.47. The minimum absolute atomic E-state index is 0. The van der Waals surface area contributed by atoms with E-state index < -0.39 is 0 Å². The van der Waals surface area contributed by atoms with E-state index in [-0.39, 0.29) is 24.0 Å². The molecule has 0 atom stereocenters. The lowest BCUT2D eigenvalue weighted by Gasteiger charge is -2.15. The fraction of sp³-hybridized carbons (Fsp3) is 0.350. The smallest absolute Gasteiger partial charge is 0.191 e. The molecule has 0 bridgehead atoms. The summed E-state index contributed by atoms with van der Waals surface area (Å²) in [7, 11) is 4.99. The van der Waals surface area contributed by atoms with Crippen LogP contribution in [0.3, 0.4) is 0 Å². The van der Waals surface area contributed by atoms with E-state index in [4.69, 9.17) is 14.2 Å². The quantitative estimate of drug-likeness (QED) is 0.207. The summed E-state index contributed by atoms with van der Waals surface area (Å²) in [4.78, 5) is 4.24. The standard InChI is InChI=1S/C20H26BrN3O3.HI/c1-22-20(23-10-7-11-27-16-8-5-4-6-9-16)24-14-15-12-17(21)19(26-3)18(13-15)25-2;/h4-6,8-9,12-13H,7,10-11,14H2,1-3H3,(H2,22,23,24);1H. The molecule has 0 amide bonds. The summed E-state index contributed by atoms with van der Waals surface area (Å²) in [6.45, 7) is 2.03. The van der Waals surface area contributed by atoms with Gasteiger partial charge in [-0.2, -0.15) is 0 Å². The van der Waals surface area contributed by atoms with E-state index in [1.54, 1.807) is 21.3 Å². The van der Waals surface area contributed by atoms with Crippen LogP contribution in [0.2, 0.25) is 0 Å². The molecule has 0 spiro atoms. The second-order valence-electron chi connectivity index (χ2n) is 5.68. The molecule has 0 aliphatic rings. The van der Waals surface area contributed by atoms with Gasteiger partial charge >= 0.3 is 0 Å². The highest BCUT2D eigenvalue weighted by Gasteiger charge is 2.10. The number of rotatable bonds is 9. The van der Waals surface area contributed by atoms with Crippen molar-refractivity contribution in [3.63, 3.8) is 0 Å². The summed E-state index contributed by atoms with van der Waals surface area (Å²) < 4.78 is 17.2. The molecule has 0 aliphatic carbocycles. The second-order valence-corrected chi connectivity index (χ2v) is 6.54. The monoisotopic (exact) mass is 563 g/mol. The molecule has 2 aromatic rings. The van der Waals surface area contributed by atoms with Crippen molar-refractivity contribution < 1.29 is 14.2 Å². The number of benzene rings is 2. The van der Waals surface area contributed by atoms with Gasteiger partial charge < -0.3 is 24.8 Å². The molecular weight excluding hydrogens is 537 g/mol. The van der Waals surface area contributed by atoms with Crippen LogP contribution < -0.4 is 24.8 Å². The van der Waals surface area contributed by atoms with Crippen LogP contribution in [-0.4, -0.2) is 40.4 Å². The number of nitrogens with one attached hydrogen (secondary N) is 2. The van der Waals surface area contributed by atoms with E-state index in [9.17, 15) is 0 Å². The summed E-state index contributed by atoms with van der Waals surface area (Å²) in [6, 6.07) is 13.7. The third-order valence-electron chi connectivity index (χ3n) is 3.80. The molecule has 0 saturated carbocycles.